The number of hydrogen-bond acceptors (Lipinski definition) is 6. The van der Waals surface area contributed by atoms with E-state index in [9.17, 15) is 19.7 Å². The second-order valence-corrected chi connectivity index (χ2v) is 7.19. The molecule has 0 saturated heterocycles. The van der Waals surface area contributed by atoms with Gasteiger partial charge in [0, 0.05) is 32.4 Å². The van der Waals surface area contributed by atoms with E-state index in [2.05, 4.69) is 0 Å². The molecule has 0 fully saturated rings. The van der Waals surface area contributed by atoms with Gasteiger partial charge in [-0.3, -0.25) is 19.7 Å². The highest BCUT2D eigenvalue weighted by Gasteiger charge is 2.38. The van der Waals surface area contributed by atoms with Crippen LogP contribution in [-0.2, 0) is 19.1 Å². The van der Waals surface area contributed by atoms with Gasteiger partial charge in [-0.2, -0.15) is 0 Å². The summed E-state index contributed by atoms with van der Waals surface area (Å²) in [5, 5.41) is 10.7. The predicted molar refractivity (Wildman–Crippen MR) is 88.1 cm³/mol. The van der Waals surface area contributed by atoms with Gasteiger partial charge >= 0.3 is 11.9 Å². The molecule has 0 saturated carbocycles. The highest BCUT2D eigenvalue weighted by atomic mass is 35.6. The van der Waals surface area contributed by atoms with Crippen molar-refractivity contribution in [1.82, 2.24) is 0 Å². The van der Waals surface area contributed by atoms with Gasteiger partial charge in [0.15, 0.2) is 6.10 Å². The van der Waals surface area contributed by atoms with Crippen LogP contribution in [0.4, 0.5) is 5.69 Å². The number of non-ortho nitro benzene ring substituents is 1. The molecule has 0 aliphatic rings. The summed E-state index contributed by atoms with van der Waals surface area (Å²) in [6.07, 6.45) is -2.23. The number of hydrogen-bond donors (Lipinski definition) is 0. The number of nitro groups is 1. The lowest BCUT2D eigenvalue weighted by Crippen LogP contribution is -2.33. The Morgan fingerprint density at radius 2 is 1.62 bits per heavy atom. The maximum atomic E-state index is 11.3. The standard InChI is InChI=1S/C14H14Cl3NO6/c1-8(19)23-12(7-13(14(15,16)17)24-9(2)20)10-3-5-11(6-4-10)18(21)22/h3-6,12-13H,7H2,1-2H3/t12-,13+/m0/s1. The molecule has 0 amide bonds. The maximum Gasteiger partial charge on any atom is 0.303 e. The molecule has 0 bridgehead atoms. The average Bonchev–Trinajstić information content (AvgIpc) is 2.44. The molecule has 0 radical (unpaired) electrons. The summed E-state index contributed by atoms with van der Waals surface area (Å²) in [7, 11) is 0. The molecule has 7 nitrogen and oxygen atoms in total. The molecule has 1 aromatic carbocycles. The zero-order valence-corrected chi connectivity index (χ0v) is 15.0. The Hall–Kier alpha value is -1.57. The topological polar surface area (TPSA) is 95.7 Å². The lowest BCUT2D eigenvalue weighted by Gasteiger charge is -2.28. The predicted octanol–water partition coefficient (Wildman–Crippen LogP) is 3.89. The van der Waals surface area contributed by atoms with Crippen molar-refractivity contribution in [3.05, 3.63) is 39.9 Å². The van der Waals surface area contributed by atoms with Crippen LogP contribution in [0.3, 0.4) is 0 Å². The first-order chi connectivity index (χ1) is 11.0. The molecule has 0 aliphatic carbocycles. The summed E-state index contributed by atoms with van der Waals surface area (Å²) in [5.41, 5.74) is 0.306. The fraction of sp³-hybridized carbons (Fsp3) is 0.429. The number of ether oxygens (including phenoxy) is 2. The van der Waals surface area contributed by atoms with E-state index in [1.54, 1.807) is 0 Å². The fourth-order valence-electron chi connectivity index (χ4n) is 1.91. The Morgan fingerprint density at radius 3 is 2.00 bits per heavy atom. The van der Waals surface area contributed by atoms with Crippen molar-refractivity contribution in [2.24, 2.45) is 0 Å². The van der Waals surface area contributed by atoms with Crippen molar-refractivity contribution in [3.63, 3.8) is 0 Å². The number of alkyl halides is 3. The Kier molecular flexibility index (Phi) is 7.26. The van der Waals surface area contributed by atoms with Gasteiger partial charge in [0.1, 0.15) is 6.10 Å². The van der Waals surface area contributed by atoms with Crippen LogP contribution in [0.5, 0.6) is 0 Å². The van der Waals surface area contributed by atoms with Crippen molar-refractivity contribution >= 4 is 52.4 Å². The minimum atomic E-state index is -1.94. The van der Waals surface area contributed by atoms with E-state index in [0.717, 1.165) is 6.92 Å². The molecule has 0 aliphatic heterocycles. The molecule has 0 N–H and O–H groups in total. The van der Waals surface area contributed by atoms with E-state index < -0.39 is 32.9 Å². The quantitative estimate of drug-likeness (QED) is 0.312. The third-order valence-corrected chi connectivity index (χ3v) is 3.62. The average molecular weight is 399 g/mol. The minimum absolute atomic E-state index is 0.127. The number of esters is 2. The molecule has 2 atom stereocenters. The molecule has 132 valence electrons. The molecule has 1 aromatic rings. The van der Waals surface area contributed by atoms with Crippen LogP contribution in [0.1, 0.15) is 31.9 Å². The first-order valence-corrected chi connectivity index (χ1v) is 7.79. The first-order valence-electron chi connectivity index (χ1n) is 6.66. The summed E-state index contributed by atoms with van der Waals surface area (Å²) in [5.74, 6) is -1.28. The third kappa shape index (κ3) is 6.51. The fourth-order valence-corrected chi connectivity index (χ4v) is 2.31. The molecule has 0 spiro atoms. The zero-order chi connectivity index (χ0) is 18.5. The molecule has 0 heterocycles. The Bertz CT molecular complexity index is 614. The van der Waals surface area contributed by atoms with E-state index in [-0.39, 0.29) is 12.1 Å². The summed E-state index contributed by atoms with van der Waals surface area (Å²) >= 11 is 17.4. The smallest absolute Gasteiger partial charge is 0.303 e. The van der Waals surface area contributed by atoms with E-state index in [0.29, 0.717) is 5.56 Å². The largest absolute Gasteiger partial charge is 0.458 e. The van der Waals surface area contributed by atoms with Gasteiger partial charge in [-0.15, -0.1) is 0 Å². The Labute approximate surface area is 152 Å². The number of rotatable bonds is 6. The van der Waals surface area contributed by atoms with Gasteiger partial charge in [-0.05, 0) is 17.7 Å². The molecule has 1 rings (SSSR count). The van der Waals surface area contributed by atoms with E-state index in [4.69, 9.17) is 44.3 Å². The van der Waals surface area contributed by atoms with Gasteiger partial charge in [0.25, 0.3) is 5.69 Å². The van der Waals surface area contributed by atoms with Crippen LogP contribution < -0.4 is 0 Å². The second-order valence-electron chi connectivity index (χ2n) is 4.82. The van der Waals surface area contributed by atoms with Gasteiger partial charge in [0.05, 0.1) is 4.92 Å². The van der Waals surface area contributed by atoms with Crippen LogP contribution in [0.25, 0.3) is 0 Å². The highest BCUT2D eigenvalue weighted by molar-refractivity contribution is 6.68. The molecular formula is C14H14Cl3NO6. The van der Waals surface area contributed by atoms with E-state index >= 15 is 0 Å². The van der Waals surface area contributed by atoms with E-state index in [1.807, 2.05) is 0 Å². The maximum absolute atomic E-state index is 11.3. The lowest BCUT2D eigenvalue weighted by atomic mass is 10.0. The Balaban J connectivity index is 3.08. The number of nitrogens with zero attached hydrogens (tertiary/aromatic N) is 1. The van der Waals surface area contributed by atoms with Gasteiger partial charge in [-0.25, -0.2) is 0 Å². The van der Waals surface area contributed by atoms with Crippen LogP contribution in [0.2, 0.25) is 0 Å². The number of carbonyl (C=O) groups is 2. The summed E-state index contributed by atoms with van der Waals surface area (Å²) in [6.45, 7) is 2.34. The number of halogens is 3. The Morgan fingerprint density at radius 1 is 1.12 bits per heavy atom. The summed E-state index contributed by atoms with van der Waals surface area (Å²) < 4.78 is 8.20. The van der Waals surface area contributed by atoms with Crippen molar-refractivity contribution in [2.75, 3.05) is 0 Å². The molecule has 24 heavy (non-hydrogen) atoms. The lowest BCUT2D eigenvalue weighted by molar-refractivity contribution is -0.384. The molecular weight excluding hydrogens is 385 g/mol. The normalized spacial score (nSPS) is 13.7. The number of nitro benzene ring substituents is 1. The van der Waals surface area contributed by atoms with E-state index in [1.165, 1.54) is 31.2 Å². The van der Waals surface area contributed by atoms with Crippen molar-refractivity contribution in [2.45, 2.75) is 36.3 Å². The minimum Gasteiger partial charge on any atom is -0.458 e. The van der Waals surface area contributed by atoms with Gasteiger partial charge in [0.2, 0.25) is 3.79 Å². The van der Waals surface area contributed by atoms with Gasteiger partial charge < -0.3 is 9.47 Å². The van der Waals surface area contributed by atoms with Crippen LogP contribution in [-0.4, -0.2) is 26.8 Å². The number of benzene rings is 1. The SMILES string of the molecule is CC(=O)O[C@@H](C[C@@H](OC(C)=O)C(Cl)(Cl)Cl)c1ccc([N+](=O)[O-])cc1. The van der Waals surface area contributed by atoms with Crippen molar-refractivity contribution in [3.8, 4) is 0 Å². The van der Waals surface area contributed by atoms with Gasteiger partial charge in [-0.1, -0.05) is 34.8 Å². The van der Waals surface area contributed by atoms with Crippen LogP contribution in [0, 0.1) is 10.1 Å². The monoisotopic (exact) mass is 397 g/mol. The van der Waals surface area contributed by atoms with Crippen LogP contribution >= 0.6 is 34.8 Å². The number of carbonyl (C=O) groups excluding carboxylic acids is 2. The van der Waals surface area contributed by atoms with Crippen molar-refractivity contribution in [1.29, 1.82) is 0 Å². The first kappa shape index (κ1) is 20.5. The second kappa shape index (κ2) is 8.50. The van der Waals surface area contributed by atoms with Crippen molar-refractivity contribution < 1.29 is 24.0 Å². The third-order valence-electron chi connectivity index (χ3n) is 2.89. The molecule has 0 unspecified atom stereocenters. The summed E-state index contributed by atoms with van der Waals surface area (Å²) in [4.78, 5) is 32.6. The molecule has 10 heteroatoms. The zero-order valence-electron chi connectivity index (χ0n) is 12.7. The van der Waals surface area contributed by atoms with Crippen LogP contribution in [0.15, 0.2) is 24.3 Å². The summed E-state index contributed by atoms with van der Waals surface area (Å²) in [6, 6.07) is 5.33. The molecule has 0 aromatic heterocycles. The highest BCUT2D eigenvalue weighted by Crippen LogP contribution is 2.38.